The summed E-state index contributed by atoms with van der Waals surface area (Å²) >= 11 is 6.32. The minimum absolute atomic E-state index is 0.0849. The Morgan fingerprint density at radius 1 is 1.09 bits per heavy atom. The zero-order chi connectivity index (χ0) is 23.6. The molecule has 0 atom stereocenters. The van der Waals surface area contributed by atoms with Crippen molar-refractivity contribution in [2.24, 2.45) is 0 Å². The van der Waals surface area contributed by atoms with Gasteiger partial charge in [0.2, 0.25) is 0 Å². The molecule has 0 bridgehead atoms. The molecule has 0 unspecified atom stereocenters. The Balaban J connectivity index is 1.62. The lowest BCUT2D eigenvalue weighted by Gasteiger charge is -2.14. The zero-order valence-corrected chi connectivity index (χ0v) is 17.7. The molecule has 0 aliphatic rings. The number of anilines is 1. The predicted octanol–water partition coefficient (Wildman–Crippen LogP) is 5.26. The van der Waals surface area contributed by atoms with E-state index >= 15 is 0 Å². The Hall–Kier alpha value is -3.92. The number of ether oxygens (including phenoxy) is 1. The van der Waals surface area contributed by atoms with Crippen molar-refractivity contribution >= 4 is 23.2 Å². The maximum absolute atomic E-state index is 13.6. The Kier molecular flexibility index (Phi) is 6.01. The fourth-order valence-electron chi connectivity index (χ4n) is 3.17. The van der Waals surface area contributed by atoms with Crippen molar-refractivity contribution in [1.29, 1.82) is 0 Å². The summed E-state index contributed by atoms with van der Waals surface area (Å²) in [6.45, 7) is 0. The molecule has 0 radical (unpaired) electrons. The van der Waals surface area contributed by atoms with Gasteiger partial charge in [-0.25, -0.2) is 4.98 Å². The van der Waals surface area contributed by atoms with E-state index in [4.69, 9.17) is 16.3 Å². The molecule has 7 nitrogen and oxygen atoms in total. The maximum Gasteiger partial charge on any atom is 0.420 e. The Labute approximate surface area is 190 Å². The second-order valence-electron chi connectivity index (χ2n) is 6.76. The number of hydrogen-bond acceptors (Lipinski definition) is 5. The first kappa shape index (κ1) is 22.3. The summed E-state index contributed by atoms with van der Waals surface area (Å²) in [5.41, 5.74) is 0.311. The van der Waals surface area contributed by atoms with E-state index in [1.54, 1.807) is 25.3 Å². The molecule has 33 heavy (non-hydrogen) atoms. The molecule has 168 valence electrons. The molecule has 0 aliphatic heterocycles. The van der Waals surface area contributed by atoms with Gasteiger partial charge in [0.1, 0.15) is 11.3 Å². The van der Waals surface area contributed by atoms with Crippen LogP contribution in [0.4, 0.5) is 18.9 Å². The minimum atomic E-state index is -4.75. The van der Waals surface area contributed by atoms with Crippen LogP contribution in [0.5, 0.6) is 5.75 Å². The van der Waals surface area contributed by atoms with Crippen LogP contribution in [-0.4, -0.2) is 33.0 Å². The first-order chi connectivity index (χ1) is 15.8. The van der Waals surface area contributed by atoms with Gasteiger partial charge in [-0.2, -0.15) is 23.4 Å². The lowest BCUT2D eigenvalue weighted by molar-refractivity contribution is -0.137. The molecule has 0 fully saturated rings. The van der Waals surface area contributed by atoms with Crippen LogP contribution >= 0.6 is 11.6 Å². The number of pyridine rings is 1. The molecular weight excluding hydrogens is 459 g/mol. The van der Waals surface area contributed by atoms with E-state index in [2.05, 4.69) is 20.5 Å². The van der Waals surface area contributed by atoms with Gasteiger partial charge in [0.25, 0.3) is 5.91 Å². The van der Waals surface area contributed by atoms with Gasteiger partial charge >= 0.3 is 6.18 Å². The van der Waals surface area contributed by atoms with Crippen molar-refractivity contribution in [2.45, 2.75) is 6.18 Å². The van der Waals surface area contributed by atoms with E-state index in [9.17, 15) is 18.0 Å². The highest BCUT2D eigenvalue weighted by molar-refractivity contribution is 6.34. The third kappa shape index (κ3) is 4.65. The van der Waals surface area contributed by atoms with Crippen LogP contribution < -0.4 is 10.1 Å². The molecule has 0 saturated heterocycles. The number of amides is 1. The fourth-order valence-corrected chi connectivity index (χ4v) is 3.43. The highest BCUT2D eigenvalue weighted by Gasteiger charge is 2.36. The Morgan fingerprint density at radius 2 is 1.82 bits per heavy atom. The topological polar surface area (TPSA) is 81.9 Å². The van der Waals surface area contributed by atoms with Gasteiger partial charge in [0, 0.05) is 5.56 Å². The average molecular weight is 474 g/mol. The first-order valence-corrected chi connectivity index (χ1v) is 9.84. The summed E-state index contributed by atoms with van der Waals surface area (Å²) in [7, 11) is 1.54. The average Bonchev–Trinajstić information content (AvgIpc) is 3.33. The number of carbonyl (C=O) groups is 1. The molecule has 0 saturated carbocycles. The highest BCUT2D eigenvalue weighted by Crippen LogP contribution is 2.35. The summed E-state index contributed by atoms with van der Waals surface area (Å²) in [6, 6.07) is 12.8. The second kappa shape index (κ2) is 8.91. The third-order valence-electron chi connectivity index (χ3n) is 4.67. The summed E-state index contributed by atoms with van der Waals surface area (Å²) in [4.78, 5) is 17.3. The molecule has 0 aliphatic carbocycles. The van der Waals surface area contributed by atoms with Gasteiger partial charge in [-0.3, -0.25) is 4.79 Å². The van der Waals surface area contributed by atoms with Crippen LogP contribution in [0.1, 0.15) is 15.9 Å². The van der Waals surface area contributed by atoms with E-state index in [1.807, 2.05) is 18.2 Å². The zero-order valence-electron chi connectivity index (χ0n) is 17.0. The van der Waals surface area contributed by atoms with Crippen molar-refractivity contribution in [2.75, 3.05) is 12.4 Å². The smallest absolute Gasteiger partial charge is 0.420 e. The number of nitrogens with one attached hydrogen (secondary N) is 1. The van der Waals surface area contributed by atoms with E-state index in [0.29, 0.717) is 11.3 Å². The highest BCUT2D eigenvalue weighted by atomic mass is 35.5. The largest absolute Gasteiger partial charge is 0.496 e. The van der Waals surface area contributed by atoms with Crippen molar-refractivity contribution in [3.8, 4) is 22.7 Å². The van der Waals surface area contributed by atoms with Crippen molar-refractivity contribution in [1.82, 2.24) is 20.0 Å². The van der Waals surface area contributed by atoms with Crippen molar-refractivity contribution in [3.05, 3.63) is 83.3 Å². The van der Waals surface area contributed by atoms with Crippen LogP contribution in [0.25, 0.3) is 16.9 Å². The number of carbonyl (C=O) groups excluding carboxylic acids is 1. The molecule has 2 aromatic carbocycles. The number of halogens is 4. The second-order valence-corrected chi connectivity index (χ2v) is 7.17. The van der Waals surface area contributed by atoms with Crippen LogP contribution in [0.3, 0.4) is 0 Å². The number of alkyl halides is 3. The Morgan fingerprint density at radius 3 is 2.48 bits per heavy atom. The quantitative estimate of drug-likeness (QED) is 0.427. The van der Waals surface area contributed by atoms with Crippen LogP contribution in [0, 0.1) is 0 Å². The third-order valence-corrected chi connectivity index (χ3v) is 4.98. The monoisotopic (exact) mass is 473 g/mol. The van der Waals surface area contributed by atoms with Crippen LogP contribution in [-0.2, 0) is 6.18 Å². The normalized spacial score (nSPS) is 11.3. The number of benzene rings is 2. The molecule has 1 N–H and O–H groups in total. The Bertz CT molecular complexity index is 1310. The number of nitrogens with zero attached hydrogens (tertiary/aromatic N) is 4. The predicted molar refractivity (Wildman–Crippen MR) is 116 cm³/mol. The number of rotatable bonds is 5. The summed E-state index contributed by atoms with van der Waals surface area (Å²) in [5.74, 6) is -0.570. The molecular formula is C22H15ClF3N5O2. The number of hydrogen-bond donors (Lipinski definition) is 1. The minimum Gasteiger partial charge on any atom is -0.496 e. The van der Waals surface area contributed by atoms with E-state index in [0.717, 1.165) is 22.6 Å². The lowest BCUT2D eigenvalue weighted by atomic mass is 10.0. The van der Waals surface area contributed by atoms with Gasteiger partial charge in [-0.15, -0.1) is 4.80 Å². The van der Waals surface area contributed by atoms with Gasteiger partial charge in [-0.05, 0) is 29.8 Å². The molecule has 2 heterocycles. The number of para-hydroxylation sites is 1. The van der Waals surface area contributed by atoms with Crippen molar-refractivity contribution in [3.63, 3.8) is 0 Å². The van der Waals surface area contributed by atoms with Gasteiger partial charge in [0.05, 0.1) is 42.0 Å². The van der Waals surface area contributed by atoms with E-state index in [1.165, 1.54) is 18.5 Å². The van der Waals surface area contributed by atoms with Crippen LogP contribution in [0.15, 0.2) is 67.1 Å². The molecule has 1 amide bonds. The maximum atomic E-state index is 13.6. The molecule has 4 rings (SSSR count). The molecule has 11 heteroatoms. The van der Waals surface area contributed by atoms with Gasteiger partial charge < -0.3 is 10.1 Å². The molecule has 4 aromatic rings. The number of aromatic nitrogens is 4. The van der Waals surface area contributed by atoms with Gasteiger partial charge in [0.15, 0.2) is 5.82 Å². The van der Waals surface area contributed by atoms with Gasteiger partial charge in [-0.1, -0.05) is 35.9 Å². The first-order valence-electron chi connectivity index (χ1n) is 9.46. The SMILES string of the molecule is COc1ccccc1-c1ccc(C(=O)Nc2cnc(-n3nccn3)c(C(F)(F)F)c2)c(Cl)c1. The summed E-state index contributed by atoms with van der Waals surface area (Å²) in [6.07, 6.45) is -1.20. The molecule has 0 spiro atoms. The number of methoxy groups -OCH3 is 1. The summed E-state index contributed by atoms with van der Waals surface area (Å²) < 4.78 is 46.0. The van der Waals surface area contributed by atoms with Crippen LogP contribution in [0.2, 0.25) is 5.02 Å². The fraction of sp³-hybridized carbons (Fsp3) is 0.0909. The standard InChI is InChI=1S/C22H15ClF3N5O2/c1-33-19-5-3-2-4-15(19)13-6-7-16(18(23)10-13)21(32)30-14-11-17(22(24,25)26)20(27-12-14)31-28-8-9-29-31/h2-12H,1H3,(H,30,32). The summed E-state index contributed by atoms with van der Waals surface area (Å²) in [5, 5.41) is 9.90. The lowest BCUT2D eigenvalue weighted by Crippen LogP contribution is -2.17. The van der Waals surface area contributed by atoms with E-state index < -0.39 is 23.5 Å². The van der Waals surface area contributed by atoms with E-state index in [-0.39, 0.29) is 16.3 Å². The molecule has 2 aromatic heterocycles. The van der Waals surface area contributed by atoms with Crippen molar-refractivity contribution < 1.29 is 22.7 Å².